The highest BCUT2D eigenvalue weighted by Gasteiger charge is 2.30. The van der Waals surface area contributed by atoms with Gasteiger partial charge in [0.15, 0.2) is 0 Å². The van der Waals surface area contributed by atoms with Crippen LogP contribution in [-0.4, -0.2) is 30.5 Å². The molecule has 3 N–H and O–H groups in total. The zero-order valence-electron chi connectivity index (χ0n) is 13.4. The second-order valence-electron chi connectivity index (χ2n) is 5.53. The van der Waals surface area contributed by atoms with Gasteiger partial charge in [-0.3, -0.25) is 0 Å². The van der Waals surface area contributed by atoms with E-state index in [4.69, 9.17) is 11.1 Å². The second kappa shape index (κ2) is 7.41. The smallest absolute Gasteiger partial charge is 0.108 e. The SMILES string of the molecule is CC(C1=NC=CCN1C)C(/C(C=N)=C/N)c1ccccc1C#N. The molecule has 0 saturated heterocycles. The van der Waals surface area contributed by atoms with E-state index in [0.717, 1.165) is 17.9 Å². The maximum atomic E-state index is 9.43. The van der Waals surface area contributed by atoms with Crippen LogP contribution in [0.1, 0.15) is 24.0 Å². The Morgan fingerprint density at radius 1 is 1.48 bits per heavy atom. The minimum atomic E-state index is -0.193. The average Bonchev–Trinajstić information content (AvgIpc) is 2.59. The molecule has 1 aliphatic rings. The zero-order chi connectivity index (χ0) is 16.8. The molecular weight excluding hydrogens is 286 g/mol. The van der Waals surface area contributed by atoms with Crippen molar-refractivity contribution in [1.29, 1.82) is 10.7 Å². The van der Waals surface area contributed by atoms with Gasteiger partial charge in [0.2, 0.25) is 0 Å². The average molecular weight is 307 g/mol. The number of allylic oxidation sites excluding steroid dienone is 1. The standard InChI is InChI=1S/C18H21N5/c1-13(18-22-8-5-9-23(18)2)17(15(11-20)12-21)16-7-4-3-6-14(16)10-19/h3-8,11-13,17,20H,9,21H2,1-2H3/b15-12+,20-11?. The van der Waals surface area contributed by atoms with Crippen LogP contribution in [-0.2, 0) is 0 Å². The number of hydrogen-bond acceptors (Lipinski definition) is 5. The number of likely N-dealkylation sites (N-methyl/N-ethyl adjacent to an activating group) is 1. The molecule has 0 radical (unpaired) electrons. The molecule has 0 saturated carbocycles. The van der Waals surface area contributed by atoms with E-state index in [-0.39, 0.29) is 11.8 Å². The second-order valence-corrected chi connectivity index (χ2v) is 5.53. The first-order chi connectivity index (χ1) is 11.1. The molecule has 1 aliphatic heterocycles. The van der Waals surface area contributed by atoms with Crippen LogP contribution >= 0.6 is 0 Å². The van der Waals surface area contributed by atoms with Gasteiger partial charge in [-0.1, -0.05) is 25.1 Å². The summed E-state index contributed by atoms with van der Waals surface area (Å²) in [6, 6.07) is 9.69. The molecule has 2 unspecified atom stereocenters. The summed E-state index contributed by atoms with van der Waals surface area (Å²) in [6.45, 7) is 2.85. The fourth-order valence-corrected chi connectivity index (χ4v) is 2.99. The molecule has 0 bridgehead atoms. The van der Waals surface area contributed by atoms with Crippen molar-refractivity contribution in [3.63, 3.8) is 0 Å². The lowest BCUT2D eigenvalue weighted by Crippen LogP contribution is -2.37. The van der Waals surface area contributed by atoms with Crippen LogP contribution < -0.4 is 5.73 Å². The first-order valence-electron chi connectivity index (χ1n) is 7.49. The highest BCUT2D eigenvalue weighted by molar-refractivity contribution is 5.89. The van der Waals surface area contributed by atoms with E-state index in [1.807, 2.05) is 31.3 Å². The summed E-state index contributed by atoms with van der Waals surface area (Å²) in [5.41, 5.74) is 7.89. The van der Waals surface area contributed by atoms with Crippen LogP contribution in [0.25, 0.3) is 0 Å². The van der Waals surface area contributed by atoms with Crippen molar-refractivity contribution >= 4 is 12.1 Å². The maximum absolute atomic E-state index is 9.43. The first kappa shape index (κ1) is 16.5. The molecule has 23 heavy (non-hydrogen) atoms. The number of nitrogens with one attached hydrogen (secondary N) is 1. The molecule has 0 spiro atoms. The van der Waals surface area contributed by atoms with Gasteiger partial charge in [-0.25, -0.2) is 4.99 Å². The molecule has 2 rings (SSSR count). The van der Waals surface area contributed by atoms with Crippen molar-refractivity contribution in [2.45, 2.75) is 12.8 Å². The number of benzene rings is 1. The molecule has 118 valence electrons. The van der Waals surface area contributed by atoms with Crippen molar-refractivity contribution < 1.29 is 0 Å². The van der Waals surface area contributed by atoms with Crippen molar-refractivity contribution in [1.82, 2.24) is 4.90 Å². The lowest BCUT2D eigenvalue weighted by atomic mass is 9.79. The van der Waals surface area contributed by atoms with Crippen molar-refractivity contribution in [2.24, 2.45) is 16.6 Å². The Bertz CT molecular complexity index is 708. The van der Waals surface area contributed by atoms with Gasteiger partial charge in [0.1, 0.15) is 5.84 Å². The van der Waals surface area contributed by atoms with Gasteiger partial charge in [-0.05, 0) is 29.5 Å². The Hall–Kier alpha value is -2.87. The predicted octanol–water partition coefficient (Wildman–Crippen LogP) is 2.63. The van der Waals surface area contributed by atoms with Crippen LogP contribution in [0.15, 0.2) is 53.3 Å². The first-order valence-corrected chi connectivity index (χ1v) is 7.49. The lowest BCUT2D eigenvalue weighted by Gasteiger charge is -2.32. The summed E-state index contributed by atoms with van der Waals surface area (Å²) in [6.07, 6.45) is 6.50. The van der Waals surface area contributed by atoms with Crippen LogP contribution in [0.2, 0.25) is 0 Å². The minimum absolute atomic E-state index is 0.0177. The van der Waals surface area contributed by atoms with E-state index in [0.29, 0.717) is 11.1 Å². The Morgan fingerprint density at radius 3 is 2.83 bits per heavy atom. The van der Waals surface area contributed by atoms with E-state index in [1.165, 1.54) is 12.4 Å². The highest BCUT2D eigenvalue weighted by atomic mass is 15.2. The van der Waals surface area contributed by atoms with Gasteiger partial charge in [-0.15, -0.1) is 0 Å². The van der Waals surface area contributed by atoms with Crippen molar-refractivity contribution in [3.8, 4) is 6.07 Å². The zero-order valence-corrected chi connectivity index (χ0v) is 13.4. The van der Waals surface area contributed by atoms with Crippen LogP contribution in [0.5, 0.6) is 0 Å². The third-order valence-corrected chi connectivity index (χ3v) is 4.12. The van der Waals surface area contributed by atoms with E-state index >= 15 is 0 Å². The van der Waals surface area contributed by atoms with Gasteiger partial charge >= 0.3 is 0 Å². The fraction of sp³-hybridized carbons (Fsp3) is 0.278. The van der Waals surface area contributed by atoms with Crippen LogP contribution in [0, 0.1) is 22.7 Å². The molecule has 0 aromatic heterocycles. The summed E-state index contributed by atoms with van der Waals surface area (Å²) in [5, 5.41) is 17.1. The molecule has 0 aliphatic carbocycles. The Kier molecular flexibility index (Phi) is 5.32. The van der Waals surface area contributed by atoms with E-state index < -0.39 is 0 Å². The summed E-state index contributed by atoms with van der Waals surface area (Å²) in [4.78, 5) is 6.57. The Morgan fingerprint density at radius 2 is 2.22 bits per heavy atom. The quantitative estimate of drug-likeness (QED) is 0.819. The third kappa shape index (κ3) is 3.32. The number of aliphatic imine (C=N–C) groups is 1. The summed E-state index contributed by atoms with van der Waals surface area (Å²) in [7, 11) is 1.99. The molecular formula is C18H21N5. The number of amidine groups is 1. The summed E-state index contributed by atoms with van der Waals surface area (Å²) >= 11 is 0. The molecule has 1 heterocycles. The van der Waals surface area contributed by atoms with E-state index in [9.17, 15) is 5.26 Å². The molecule has 0 amide bonds. The van der Waals surface area contributed by atoms with Gasteiger partial charge in [-0.2, -0.15) is 5.26 Å². The van der Waals surface area contributed by atoms with Crippen molar-refractivity contribution in [2.75, 3.05) is 13.6 Å². The van der Waals surface area contributed by atoms with Gasteiger partial charge in [0.25, 0.3) is 0 Å². The molecule has 5 nitrogen and oxygen atoms in total. The summed E-state index contributed by atoms with van der Waals surface area (Å²) < 4.78 is 0. The fourth-order valence-electron chi connectivity index (χ4n) is 2.99. The Labute approximate surface area is 136 Å². The van der Waals surface area contributed by atoms with Crippen LogP contribution in [0.3, 0.4) is 0 Å². The molecule has 1 aromatic rings. The number of nitrogens with zero attached hydrogens (tertiary/aromatic N) is 3. The minimum Gasteiger partial charge on any atom is -0.404 e. The van der Waals surface area contributed by atoms with Crippen molar-refractivity contribution in [3.05, 3.63) is 59.4 Å². The highest BCUT2D eigenvalue weighted by Crippen LogP contribution is 2.34. The molecule has 1 aromatic carbocycles. The van der Waals surface area contributed by atoms with E-state index in [2.05, 4.69) is 22.9 Å². The monoisotopic (exact) mass is 307 g/mol. The number of rotatable bonds is 5. The van der Waals surface area contributed by atoms with Crippen LogP contribution in [0.4, 0.5) is 0 Å². The topological polar surface area (TPSA) is 89.3 Å². The molecule has 2 atom stereocenters. The number of hydrogen-bond donors (Lipinski definition) is 2. The van der Waals surface area contributed by atoms with E-state index in [1.54, 1.807) is 12.3 Å². The van der Waals surface area contributed by atoms with Gasteiger partial charge in [0.05, 0.1) is 11.6 Å². The lowest BCUT2D eigenvalue weighted by molar-refractivity contribution is 0.492. The van der Waals surface area contributed by atoms with Gasteiger partial charge in [0, 0.05) is 37.8 Å². The predicted molar refractivity (Wildman–Crippen MR) is 93.3 cm³/mol. The number of nitrogens with two attached hydrogens (primary N) is 1. The normalized spacial score (nSPS) is 17.2. The third-order valence-electron chi connectivity index (χ3n) is 4.12. The Balaban J connectivity index is 2.55. The number of nitriles is 1. The largest absolute Gasteiger partial charge is 0.404 e. The maximum Gasteiger partial charge on any atom is 0.108 e. The van der Waals surface area contributed by atoms with Gasteiger partial charge < -0.3 is 16.0 Å². The molecule has 5 heteroatoms. The summed E-state index contributed by atoms with van der Waals surface area (Å²) in [5.74, 6) is 0.711. The molecule has 0 fully saturated rings.